The fraction of sp³-hybridized carbons (Fsp3) is 0.692. The average Bonchev–Trinajstić information content (AvgIpc) is 2.62. The number of carbonyl (C=O) groups is 1. The first-order valence-corrected chi connectivity index (χ1v) is 6.63. The van der Waals surface area contributed by atoms with Gasteiger partial charge in [-0.1, -0.05) is 13.3 Å². The minimum absolute atomic E-state index is 0.0220. The van der Waals surface area contributed by atoms with Gasteiger partial charge in [-0.05, 0) is 25.7 Å². The molecule has 1 aliphatic heterocycles. The number of aryl methyl sites for hydroxylation is 2. The van der Waals surface area contributed by atoms with Crippen molar-refractivity contribution in [1.82, 2.24) is 14.7 Å². The third-order valence-corrected chi connectivity index (χ3v) is 3.85. The molecule has 18 heavy (non-hydrogen) atoms. The van der Waals surface area contributed by atoms with Crippen LogP contribution < -0.4 is 5.73 Å². The maximum Gasteiger partial charge on any atom is 0.274 e. The van der Waals surface area contributed by atoms with E-state index in [9.17, 15) is 4.79 Å². The van der Waals surface area contributed by atoms with Crippen molar-refractivity contribution < 1.29 is 4.79 Å². The van der Waals surface area contributed by atoms with Gasteiger partial charge in [-0.3, -0.25) is 9.48 Å². The highest BCUT2D eigenvalue weighted by atomic mass is 16.2. The largest absolute Gasteiger partial charge is 0.395 e. The maximum absolute atomic E-state index is 12.5. The number of anilines is 1. The number of hydrogen-bond donors (Lipinski definition) is 1. The zero-order valence-electron chi connectivity index (χ0n) is 11.4. The summed E-state index contributed by atoms with van der Waals surface area (Å²) >= 11 is 0. The molecule has 1 aliphatic rings. The predicted molar refractivity (Wildman–Crippen MR) is 71.3 cm³/mol. The van der Waals surface area contributed by atoms with Gasteiger partial charge in [-0.15, -0.1) is 0 Å². The fourth-order valence-corrected chi connectivity index (χ4v) is 2.66. The van der Waals surface area contributed by atoms with Crippen LogP contribution in [-0.2, 0) is 7.05 Å². The van der Waals surface area contributed by atoms with E-state index in [1.54, 1.807) is 11.7 Å². The SMILES string of the molecule is CCC1CCCN(C(=O)c2c(N)c(C)nn2C)C1. The Morgan fingerprint density at radius 3 is 2.83 bits per heavy atom. The molecule has 5 heteroatoms. The first-order valence-electron chi connectivity index (χ1n) is 6.63. The predicted octanol–water partition coefficient (Wildman–Crippen LogP) is 1.57. The molecule has 1 unspecified atom stereocenters. The molecule has 0 radical (unpaired) electrons. The van der Waals surface area contributed by atoms with E-state index in [1.807, 2.05) is 11.8 Å². The molecule has 2 N–H and O–H groups in total. The molecule has 0 aromatic carbocycles. The Hall–Kier alpha value is -1.52. The smallest absolute Gasteiger partial charge is 0.274 e. The quantitative estimate of drug-likeness (QED) is 0.866. The Labute approximate surface area is 108 Å². The van der Waals surface area contributed by atoms with E-state index in [2.05, 4.69) is 12.0 Å². The number of carbonyl (C=O) groups excluding carboxylic acids is 1. The molecule has 5 nitrogen and oxygen atoms in total. The number of nitrogens with zero attached hydrogens (tertiary/aromatic N) is 3. The molecule has 1 amide bonds. The third-order valence-electron chi connectivity index (χ3n) is 3.85. The monoisotopic (exact) mass is 250 g/mol. The molecule has 0 spiro atoms. The Morgan fingerprint density at radius 1 is 1.56 bits per heavy atom. The van der Waals surface area contributed by atoms with Crippen molar-refractivity contribution >= 4 is 11.6 Å². The lowest BCUT2D eigenvalue weighted by atomic mass is 9.95. The number of aromatic nitrogens is 2. The highest BCUT2D eigenvalue weighted by Gasteiger charge is 2.27. The average molecular weight is 250 g/mol. The molecule has 1 fully saturated rings. The minimum Gasteiger partial charge on any atom is -0.395 e. The van der Waals surface area contributed by atoms with E-state index < -0.39 is 0 Å². The molecule has 2 rings (SSSR count). The van der Waals surface area contributed by atoms with Crippen molar-refractivity contribution in [1.29, 1.82) is 0 Å². The molecule has 1 aromatic rings. The summed E-state index contributed by atoms with van der Waals surface area (Å²) in [7, 11) is 1.78. The number of nitrogens with two attached hydrogens (primary N) is 1. The van der Waals surface area contributed by atoms with Gasteiger partial charge in [-0.2, -0.15) is 5.10 Å². The Morgan fingerprint density at radius 2 is 2.28 bits per heavy atom. The molecular weight excluding hydrogens is 228 g/mol. The zero-order valence-corrected chi connectivity index (χ0v) is 11.4. The van der Waals surface area contributed by atoms with Crippen LogP contribution in [0.25, 0.3) is 0 Å². The van der Waals surface area contributed by atoms with E-state index in [-0.39, 0.29) is 5.91 Å². The number of rotatable bonds is 2. The summed E-state index contributed by atoms with van der Waals surface area (Å²) in [6, 6.07) is 0. The summed E-state index contributed by atoms with van der Waals surface area (Å²) in [5.41, 5.74) is 7.72. The van der Waals surface area contributed by atoms with E-state index in [0.29, 0.717) is 17.3 Å². The number of amides is 1. The lowest BCUT2D eigenvalue weighted by molar-refractivity contribution is 0.0661. The molecule has 1 atom stereocenters. The van der Waals surface area contributed by atoms with Gasteiger partial charge in [0.05, 0.1) is 11.4 Å². The van der Waals surface area contributed by atoms with Gasteiger partial charge in [0.25, 0.3) is 5.91 Å². The lowest BCUT2D eigenvalue weighted by Crippen LogP contribution is -2.40. The van der Waals surface area contributed by atoms with Crippen molar-refractivity contribution in [2.24, 2.45) is 13.0 Å². The minimum atomic E-state index is 0.0220. The molecule has 100 valence electrons. The maximum atomic E-state index is 12.5. The molecule has 1 saturated heterocycles. The van der Waals surface area contributed by atoms with Crippen LogP contribution in [0.5, 0.6) is 0 Å². The summed E-state index contributed by atoms with van der Waals surface area (Å²) in [6.45, 7) is 5.69. The second-order valence-corrected chi connectivity index (χ2v) is 5.14. The number of nitrogen functional groups attached to an aromatic ring is 1. The van der Waals surface area contributed by atoms with Crippen molar-refractivity contribution in [2.45, 2.75) is 33.1 Å². The van der Waals surface area contributed by atoms with Gasteiger partial charge in [0, 0.05) is 20.1 Å². The van der Waals surface area contributed by atoms with Gasteiger partial charge in [0.1, 0.15) is 5.69 Å². The normalized spacial score (nSPS) is 20.2. The summed E-state index contributed by atoms with van der Waals surface area (Å²) in [5, 5.41) is 4.21. The van der Waals surface area contributed by atoms with Crippen molar-refractivity contribution in [2.75, 3.05) is 18.8 Å². The van der Waals surface area contributed by atoms with Gasteiger partial charge in [-0.25, -0.2) is 0 Å². The van der Waals surface area contributed by atoms with Crippen LogP contribution in [0.4, 0.5) is 5.69 Å². The van der Waals surface area contributed by atoms with Crippen LogP contribution in [0, 0.1) is 12.8 Å². The summed E-state index contributed by atoms with van der Waals surface area (Å²) < 4.78 is 1.60. The molecule has 0 bridgehead atoms. The number of piperidine rings is 1. The van der Waals surface area contributed by atoms with Crippen LogP contribution in [0.3, 0.4) is 0 Å². The van der Waals surface area contributed by atoms with Crippen molar-refractivity contribution in [3.8, 4) is 0 Å². The van der Waals surface area contributed by atoms with Crippen molar-refractivity contribution in [3.63, 3.8) is 0 Å². The Kier molecular flexibility index (Phi) is 3.59. The second kappa shape index (κ2) is 5.00. The van der Waals surface area contributed by atoms with Crippen LogP contribution in [0.2, 0.25) is 0 Å². The van der Waals surface area contributed by atoms with E-state index >= 15 is 0 Å². The standard InChI is InChI=1S/C13H22N4O/c1-4-10-6-5-7-17(8-10)13(18)12-11(14)9(2)15-16(12)3/h10H,4-8,14H2,1-3H3. The molecule has 0 aliphatic carbocycles. The molecular formula is C13H22N4O. The highest BCUT2D eigenvalue weighted by molar-refractivity contribution is 5.98. The third kappa shape index (κ3) is 2.21. The van der Waals surface area contributed by atoms with Crippen LogP contribution in [-0.4, -0.2) is 33.7 Å². The Bertz CT molecular complexity index is 452. The van der Waals surface area contributed by atoms with E-state index in [4.69, 9.17) is 5.73 Å². The van der Waals surface area contributed by atoms with Gasteiger partial charge in [0.2, 0.25) is 0 Å². The van der Waals surface area contributed by atoms with E-state index in [0.717, 1.165) is 31.6 Å². The van der Waals surface area contributed by atoms with Gasteiger partial charge in [0.15, 0.2) is 0 Å². The van der Waals surface area contributed by atoms with Gasteiger partial charge >= 0.3 is 0 Å². The van der Waals surface area contributed by atoms with Crippen LogP contribution in [0.1, 0.15) is 42.4 Å². The second-order valence-electron chi connectivity index (χ2n) is 5.14. The number of hydrogen-bond acceptors (Lipinski definition) is 3. The number of likely N-dealkylation sites (tertiary alicyclic amines) is 1. The zero-order chi connectivity index (χ0) is 13.3. The highest BCUT2D eigenvalue weighted by Crippen LogP contribution is 2.23. The van der Waals surface area contributed by atoms with Crippen molar-refractivity contribution in [3.05, 3.63) is 11.4 Å². The Balaban J connectivity index is 2.20. The van der Waals surface area contributed by atoms with Crippen LogP contribution >= 0.6 is 0 Å². The first kappa shape index (κ1) is 12.9. The lowest BCUT2D eigenvalue weighted by Gasteiger charge is -2.32. The first-order chi connectivity index (χ1) is 8.54. The summed E-state index contributed by atoms with van der Waals surface area (Å²) in [5.74, 6) is 0.645. The summed E-state index contributed by atoms with van der Waals surface area (Å²) in [6.07, 6.45) is 3.44. The molecule has 1 aromatic heterocycles. The summed E-state index contributed by atoms with van der Waals surface area (Å²) in [4.78, 5) is 14.4. The molecule has 2 heterocycles. The fourth-order valence-electron chi connectivity index (χ4n) is 2.66. The molecule has 0 saturated carbocycles. The van der Waals surface area contributed by atoms with Crippen LogP contribution in [0.15, 0.2) is 0 Å². The van der Waals surface area contributed by atoms with E-state index in [1.165, 1.54) is 6.42 Å². The van der Waals surface area contributed by atoms with Gasteiger partial charge < -0.3 is 10.6 Å². The topological polar surface area (TPSA) is 64.2 Å².